The van der Waals surface area contributed by atoms with Crippen LogP contribution in [0.25, 0.3) is 0 Å². The van der Waals surface area contributed by atoms with Crippen LogP contribution in [-0.2, 0) is 4.74 Å². The van der Waals surface area contributed by atoms with Crippen molar-refractivity contribution in [1.82, 2.24) is 10.3 Å². The molecular formula is C10H13ClN2O2. The second kappa shape index (κ2) is 4.79. The van der Waals surface area contributed by atoms with Gasteiger partial charge in [-0.05, 0) is 11.6 Å². The maximum absolute atomic E-state index is 5.99. The van der Waals surface area contributed by atoms with E-state index in [4.69, 9.17) is 21.1 Å². The first-order valence-corrected chi connectivity index (χ1v) is 5.19. The molecule has 0 amide bonds. The minimum absolute atomic E-state index is 0.176. The van der Waals surface area contributed by atoms with E-state index >= 15 is 0 Å². The van der Waals surface area contributed by atoms with Crippen molar-refractivity contribution in [3.63, 3.8) is 0 Å². The molecule has 1 N–H and O–H groups in total. The summed E-state index contributed by atoms with van der Waals surface area (Å²) in [6, 6.07) is 2.04. The number of hydrogen-bond donors (Lipinski definition) is 1. The van der Waals surface area contributed by atoms with Crippen LogP contribution < -0.4 is 10.1 Å². The monoisotopic (exact) mass is 228 g/mol. The summed E-state index contributed by atoms with van der Waals surface area (Å²) in [6.45, 7) is 2.27. The average molecular weight is 229 g/mol. The molecule has 0 saturated carbocycles. The second-order valence-corrected chi connectivity index (χ2v) is 3.75. The van der Waals surface area contributed by atoms with Crippen molar-refractivity contribution in [2.75, 3.05) is 26.9 Å². The molecule has 0 aromatic carbocycles. The summed E-state index contributed by atoms with van der Waals surface area (Å²) >= 11 is 5.99. The predicted molar refractivity (Wildman–Crippen MR) is 57.4 cm³/mol. The van der Waals surface area contributed by atoms with Crippen molar-refractivity contribution < 1.29 is 9.47 Å². The summed E-state index contributed by atoms with van der Waals surface area (Å²) in [5.41, 5.74) is 1.03. The van der Waals surface area contributed by atoms with E-state index in [1.165, 1.54) is 0 Å². The first-order valence-electron chi connectivity index (χ1n) is 4.82. The van der Waals surface area contributed by atoms with Crippen molar-refractivity contribution in [3.05, 3.63) is 22.8 Å². The quantitative estimate of drug-likeness (QED) is 0.831. The van der Waals surface area contributed by atoms with Gasteiger partial charge in [-0.25, -0.2) is 4.98 Å². The zero-order valence-electron chi connectivity index (χ0n) is 8.50. The summed E-state index contributed by atoms with van der Waals surface area (Å²) in [5.74, 6) is 0.456. The number of methoxy groups -OCH3 is 1. The first kappa shape index (κ1) is 10.7. The Hall–Kier alpha value is -0.840. The van der Waals surface area contributed by atoms with E-state index < -0.39 is 0 Å². The van der Waals surface area contributed by atoms with Gasteiger partial charge in [-0.2, -0.15) is 0 Å². The Balaban J connectivity index is 2.17. The lowest BCUT2D eigenvalue weighted by Crippen LogP contribution is -2.34. The third kappa shape index (κ3) is 2.40. The standard InChI is InChI=1S/C10H13ClN2O2/c1-14-10-8(11)4-7(5-13-10)9-6-15-3-2-12-9/h4-5,9,12H,2-3,6H2,1H3. The van der Waals surface area contributed by atoms with Crippen LogP contribution in [0.5, 0.6) is 5.88 Å². The number of hydrogen-bond acceptors (Lipinski definition) is 4. The number of halogens is 1. The van der Waals surface area contributed by atoms with Gasteiger partial charge in [-0.1, -0.05) is 11.6 Å². The molecule has 4 nitrogen and oxygen atoms in total. The van der Waals surface area contributed by atoms with Gasteiger partial charge < -0.3 is 14.8 Å². The molecule has 1 unspecified atom stereocenters. The summed E-state index contributed by atoms with van der Waals surface area (Å²) < 4.78 is 10.4. The predicted octanol–water partition coefficient (Wildman–Crippen LogP) is 1.40. The minimum Gasteiger partial charge on any atom is -0.480 e. The molecule has 1 aromatic heterocycles. The van der Waals surface area contributed by atoms with E-state index in [1.807, 2.05) is 6.07 Å². The Bertz CT molecular complexity index is 340. The Labute approximate surface area is 93.6 Å². The van der Waals surface area contributed by atoms with E-state index in [9.17, 15) is 0 Å². The second-order valence-electron chi connectivity index (χ2n) is 3.34. The number of aromatic nitrogens is 1. The summed E-state index contributed by atoms with van der Waals surface area (Å²) in [7, 11) is 1.55. The Morgan fingerprint density at radius 2 is 2.53 bits per heavy atom. The third-order valence-corrected chi connectivity index (χ3v) is 2.62. The summed E-state index contributed by atoms with van der Waals surface area (Å²) in [5, 5.41) is 3.87. The summed E-state index contributed by atoms with van der Waals surface area (Å²) in [4.78, 5) is 4.12. The average Bonchev–Trinajstić information content (AvgIpc) is 2.30. The Morgan fingerprint density at radius 3 is 3.13 bits per heavy atom. The summed E-state index contributed by atoms with van der Waals surface area (Å²) in [6.07, 6.45) is 1.76. The molecule has 0 spiro atoms. The highest BCUT2D eigenvalue weighted by Gasteiger charge is 2.16. The van der Waals surface area contributed by atoms with E-state index in [-0.39, 0.29) is 6.04 Å². The maximum Gasteiger partial charge on any atom is 0.232 e. The molecule has 1 aliphatic rings. The Kier molecular flexibility index (Phi) is 3.41. The van der Waals surface area contributed by atoms with Crippen molar-refractivity contribution in [1.29, 1.82) is 0 Å². The van der Waals surface area contributed by atoms with Gasteiger partial charge in [0.15, 0.2) is 0 Å². The van der Waals surface area contributed by atoms with Crippen LogP contribution in [0.2, 0.25) is 5.02 Å². The first-order chi connectivity index (χ1) is 7.31. The van der Waals surface area contributed by atoms with Crippen LogP contribution in [0.15, 0.2) is 12.3 Å². The lowest BCUT2D eigenvalue weighted by atomic mass is 10.1. The highest BCUT2D eigenvalue weighted by Crippen LogP contribution is 2.25. The van der Waals surface area contributed by atoms with Crippen molar-refractivity contribution in [2.24, 2.45) is 0 Å². The molecule has 5 heteroatoms. The molecule has 0 aliphatic carbocycles. The fraction of sp³-hybridized carbons (Fsp3) is 0.500. The fourth-order valence-electron chi connectivity index (χ4n) is 1.56. The van der Waals surface area contributed by atoms with E-state index in [0.717, 1.165) is 18.7 Å². The molecule has 1 aliphatic heterocycles. The van der Waals surface area contributed by atoms with Gasteiger partial charge in [0, 0.05) is 12.7 Å². The molecule has 15 heavy (non-hydrogen) atoms. The van der Waals surface area contributed by atoms with Gasteiger partial charge in [0.1, 0.15) is 5.02 Å². The fourth-order valence-corrected chi connectivity index (χ4v) is 1.81. The normalized spacial score (nSPS) is 21.3. The molecule has 82 valence electrons. The number of rotatable bonds is 2. The molecule has 1 fully saturated rings. The molecule has 0 radical (unpaired) electrons. The van der Waals surface area contributed by atoms with Gasteiger partial charge in [-0.3, -0.25) is 0 Å². The van der Waals surface area contributed by atoms with E-state index in [2.05, 4.69) is 10.3 Å². The SMILES string of the molecule is COc1ncc(C2COCCN2)cc1Cl. The molecule has 2 rings (SSSR count). The maximum atomic E-state index is 5.99. The topological polar surface area (TPSA) is 43.4 Å². The number of pyridine rings is 1. The molecule has 1 aromatic rings. The molecule has 2 heterocycles. The van der Waals surface area contributed by atoms with E-state index in [1.54, 1.807) is 13.3 Å². The third-order valence-electron chi connectivity index (χ3n) is 2.35. The number of nitrogens with zero attached hydrogens (tertiary/aromatic N) is 1. The molecule has 1 saturated heterocycles. The van der Waals surface area contributed by atoms with Crippen LogP contribution in [-0.4, -0.2) is 31.9 Å². The molecule has 1 atom stereocenters. The lowest BCUT2D eigenvalue weighted by molar-refractivity contribution is 0.0767. The van der Waals surface area contributed by atoms with Crippen LogP contribution >= 0.6 is 11.6 Å². The minimum atomic E-state index is 0.176. The zero-order valence-corrected chi connectivity index (χ0v) is 9.25. The lowest BCUT2D eigenvalue weighted by Gasteiger charge is -2.24. The van der Waals surface area contributed by atoms with Crippen LogP contribution in [0, 0.1) is 0 Å². The highest BCUT2D eigenvalue weighted by atomic mass is 35.5. The largest absolute Gasteiger partial charge is 0.480 e. The van der Waals surface area contributed by atoms with E-state index in [0.29, 0.717) is 17.5 Å². The van der Waals surface area contributed by atoms with Gasteiger partial charge in [-0.15, -0.1) is 0 Å². The van der Waals surface area contributed by atoms with Gasteiger partial charge in [0.25, 0.3) is 0 Å². The van der Waals surface area contributed by atoms with Crippen LogP contribution in [0.4, 0.5) is 0 Å². The number of ether oxygens (including phenoxy) is 2. The number of nitrogens with one attached hydrogen (secondary N) is 1. The molecular weight excluding hydrogens is 216 g/mol. The highest BCUT2D eigenvalue weighted by molar-refractivity contribution is 6.31. The zero-order chi connectivity index (χ0) is 10.7. The van der Waals surface area contributed by atoms with Crippen molar-refractivity contribution in [3.8, 4) is 5.88 Å². The van der Waals surface area contributed by atoms with Gasteiger partial charge in [0.05, 0.1) is 26.4 Å². The van der Waals surface area contributed by atoms with Gasteiger partial charge >= 0.3 is 0 Å². The smallest absolute Gasteiger partial charge is 0.232 e. The molecule has 0 bridgehead atoms. The van der Waals surface area contributed by atoms with Gasteiger partial charge in [0.2, 0.25) is 5.88 Å². The Morgan fingerprint density at radius 1 is 1.67 bits per heavy atom. The van der Waals surface area contributed by atoms with Crippen LogP contribution in [0.1, 0.15) is 11.6 Å². The van der Waals surface area contributed by atoms with Crippen LogP contribution in [0.3, 0.4) is 0 Å². The number of morpholine rings is 1. The van der Waals surface area contributed by atoms with Crippen molar-refractivity contribution in [2.45, 2.75) is 6.04 Å². The van der Waals surface area contributed by atoms with Crippen molar-refractivity contribution >= 4 is 11.6 Å².